The second-order valence-electron chi connectivity index (χ2n) is 5.59. The normalized spacial score (nSPS) is 20.1. The molecule has 1 saturated heterocycles. The van der Waals surface area contributed by atoms with Crippen LogP contribution in [-0.2, 0) is 6.54 Å². The van der Waals surface area contributed by atoms with E-state index in [1.165, 1.54) is 6.07 Å². The minimum absolute atomic E-state index is 0.175. The highest BCUT2D eigenvalue weighted by molar-refractivity contribution is 5.37. The van der Waals surface area contributed by atoms with E-state index >= 15 is 0 Å². The van der Waals surface area contributed by atoms with Crippen molar-refractivity contribution in [3.05, 3.63) is 35.1 Å². The second-order valence-corrected chi connectivity index (χ2v) is 5.59. The smallest absolute Gasteiger partial charge is 0.128 e. The van der Waals surface area contributed by atoms with Gasteiger partial charge in [0.15, 0.2) is 0 Å². The van der Waals surface area contributed by atoms with E-state index in [-0.39, 0.29) is 5.82 Å². The van der Waals surface area contributed by atoms with Crippen molar-refractivity contribution >= 4 is 0 Å². The van der Waals surface area contributed by atoms with Crippen molar-refractivity contribution in [2.45, 2.75) is 25.9 Å². The molecule has 1 aromatic carbocycles. The van der Waals surface area contributed by atoms with E-state index in [0.29, 0.717) is 24.7 Å². The SMILES string of the molecule is CCC1CN(Cc2ccc(C#CCN)cc2F)CCN1C. The van der Waals surface area contributed by atoms with Crippen LogP contribution in [-0.4, -0.2) is 49.1 Å². The Morgan fingerprint density at radius 1 is 1.38 bits per heavy atom. The van der Waals surface area contributed by atoms with Gasteiger partial charge in [0.1, 0.15) is 5.82 Å². The molecule has 0 aromatic heterocycles. The fourth-order valence-electron chi connectivity index (χ4n) is 2.74. The minimum Gasteiger partial charge on any atom is -0.320 e. The van der Waals surface area contributed by atoms with Gasteiger partial charge in [-0.1, -0.05) is 24.8 Å². The van der Waals surface area contributed by atoms with Gasteiger partial charge in [-0.3, -0.25) is 4.90 Å². The van der Waals surface area contributed by atoms with E-state index in [1.54, 1.807) is 0 Å². The number of nitrogens with two attached hydrogens (primary N) is 1. The maximum Gasteiger partial charge on any atom is 0.128 e. The quantitative estimate of drug-likeness (QED) is 0.859. The zero-order valence-corrected chi connectivity index (χ0v) is 12.9. The summed E-state index contributed by atoms with van der Waals surface area (Å²) in [5, 5.41) is 0. The molecule has 2 N–H and O–H groups in total. The van der Waals surface area contributed by atoms with E-state index < -0.39 is 0 Å². The lowest BCUT2D eigenvalue weighted by molar-refractivity contribution is 0.0876. The van der Waals surface area contributed by atoms with E-state index in [9.17, 15) is 4.39 Å². The first-order chi connectivity index (χ1) is 10.1. The van der Waals surface area contributed by atoms with E-state index in [4.69, 9.17) is 5.73 Å². The average molecular weight is 289 g/mol. The van der Waals surface area contributed by atoms with Crippen LogP contribution in [0.1, 0.15) is 24.5 Å². The van der Waals surface area contributed by atoms with Crippen molar-refractivity contribution in [3.8, 4) is 11.8 Å². The first-order valence-corrected chi connectivity index (χ1v) is 7.54. The van der Waals surface area contributed by atoms with E-state index in [1.807, 2.05) is 12.1 Å². The van der Waals surface area contributed by atoms with Gasteiger partial charge in [0.05, 0.1) is 6.54 Å². The molecule has 2 rings (SSSR count). The molecule has 0 bridgehead atoms. The summed E-state index contributed by atoms with van der Waals surface area (Å²) < 4.78 is 14.2. The number of halogens is 1. The molecule has 114 valence electrons. The molecule has 1 unspecified atom stereocenters. The first kappa shape index (κ1) is 16.0. The second kappa shape index (κ2) is 7.56. The highest BCUT2D eigenvalue weighted by Crippen LogP contribution is 2.16. The Balaban J connectivity index is 2.03. The number of nitrogens with zero attached hydrogens (tertiary/aromatic N) is 2. The third kappa shape index (κ3) is 4.28. The van der Waals surface area contributed by atoms with E-state index in [0.717, 1.165) is 31.6 Å². The molecule has 0 radical (unpaired) electrons. The van der Waals surface area contributed by atoms with Crippen LogP contribution in [0.3, 0.4) is 0 Å². The maximum atomic E-state index is 14.2. The molecular weight excluding hydrogens is 265 g/mol. The molecule has 0 amide bonds. The molecule has 0 spiro atoms. The lowest BCUT2D eigenvalue weighted by Crippen LogP contribution is -2.50. The molecule has 1 aromatic rings. The van der Waals surface area contributed by atoms with Gasteiger partial charge in [-0.25, -0.2) is 4.39 Å². The standard InChI is InChI=1S/C17H24FN3/c1-3-16-13-21(10-9-20(16)2)12-15-7-6-14(5-4-8-19)11-17(15)18/h6-7,11,16H,3,8-10,12-13,19H2,1-2H3. The van der Waals surface area contributed by atoms with Crippen LogP contribution in [0.25, 0.3) is 0 Å². The van der Waals surface area contributed by atoms with Gasteiger partial charge in [-0.2, -0.15) is 0 Å². The summed E-state index contributed by atoms with van der Waals surface area (Å²) >= 11 is 0. The number of piperazine rings is 1. The Morgan fingerprint density at radius 2 is 2.19 bits per heavy atom. The van der Waals surface area contributed by atoms with Gasteiger partial charge in [0.2, 0.25) is 0 Å². The average Bonchev–Trinajstić information content (AvgIpc) is 2.49. The minimum atomic E-state index is -0.175. The molecule has 1 aliphatic rings. The molecule has 1 heterocycles. The molecule has 3 nitrogen and oxygen atoms in total. The summed E-state index contributed by atoms with van der Waals surface area (Å²) in [6.07, 6.45) is 1.13. The third-order valence-corrected chi connectivity index (χ3v) is 4.11. The van der Waals surface area contributed by atoms with Gasteiger partial charge < -0.3 is 10.6 Å². The summed E-state index contributed by atoms with van der Waals surface area (Å²) in [5.41, 5.74) is 6.76. The molecule has 1 aliphatic heterocycles. The Morgan fingerprint density at radius 3 is 2.86 bits per heavy atom. The van der Waals surface area contributed by atoms with Crippen molar-refractivity contribution in [2.75, 3.05) is 33.2 Å². The van der Waals surface area contributed by atoms with Crippen molar-refractivity contribution < 1.29 is 4.39 Å². The molecule has 0 aliphatic carbocycles. The van der Waals surface area contributed by atoms with Crippen molar-refractivity contribution in [3.63, 3.8) is 0 Å². The number of rotatable bonds is 3. The van der Waals surface area contributed by atoms with E-state index in [2.05, 4.69) is 35.6 Å². The number of hydrogen-bond acceptors (Lipinski definition) is 3. The van der Waals surface area contributed by atoms with Gasteiger partial charge in [-0.05, 0) is 25.6 Å². The Hall–Kier alpha value is -1.41. The zero-order chi connectivity index (χ0) is 15.2. The molecule has 21 heavy (non-hydrogen) atoms. The Bertz CT molecular complexity index is 533. The van der Waals surface area contributed by atoms with Crippen LogP contribution >= 0.6 is 0 Å². The highest BCUT2D eigenvalue weighted by Gasteiger charge is 2.23. The van der Waals surface area contributed by atoms with Crippen LogP contribution in [0.15, 0.2) is 18.2 Å². The summed E-state index contributed by atoms with van der Waals surface area (Å²) in [7, 11) is 2.16. The summed E-state index contributed by atoms with van der Waals surface area (Å²) in [6, 6.07) is 5.78. The summed E-state index contributed by atoms with van der Waals surface area (Å²) in [6.45, 7) is 6.20. The fraction of sp³-hybridized carbons (Fsp3) is 0.529. The predicted octanol–water partition coefficient (Wildman–Crippen LogP) is 1.66. The number of benzene rings is 1. The monoisotopic (exact) mass is 289 g/mol. The predicted molar refractivity (Wildman–Crippen MR) is 84.3 cm³/mol. The van der Waals surface area contributed by atoms with Crippen LogP contribution in [0.2, 0.25) is 0 Å². The zero-order valence-electron chi connectivity index (χ0n) is 12.9. The topological polar surface area (TPSA) is 32.5 Å². The van der Waals surface area contributed by atoms with Crippen molar-refractivity contribution in [2.24, 2.45) is 5.73 Å². The van der Waals surface area contributed by atoms with Gasteiger partial charge >= 0.3 is 0 Å². The fourth-order valence-corrected chi connectivity index (χ4v) is 2.74. The largest absolute Gasteiger partial charge is 0.320 e. The lowest BCUT2D eigenvalue weighted by atomic mass is 10.1. The molecular formula is C17H24FN3. The van der Waals surface area contributed by atoms with Crippen LogP contribution in [0.4, 0.5) is 4.39 Å². The molecule has 4 heteroatoms. The number of hydrogen-bond donors (Lipinski definition) is 1. The van der Waals surface area contributed by atoms with Gasteiger partial charge in [0.25, 0.3) is 0 Å². The Labute approximate surface area is 126 Å². The molecule has 1 atom stereocenters. The first-order valence-electron chi connectivity index (χ1n) is 7.54. The van der Waals surface area contributed by atoms with Gasteiger partial charge in [0, 0.05) is 43.3 Å². The molecule has 0 saturated carbocycles. The number of likely N-dealkylation sites (N-methyl/N-ethyl adjacent to an activating group) is 1. The summed E-state index contributed by atoms with van der Waals surface area (Å²) in [5.74, 6) is 5.43. The van der Waals surface area contributed by atoms with Crippen LogP contribution in [0.5, 0.6) is 0 Å². The van der Waals surface area contributed by atoms with Crippen molar-refractivity contribution in [1.29, 1.82) is 0 Å². The van der Waals surface area contributed by atoms with Crippen LogP contribution in [0, 0.1) is 17.7 Å². The lowest BCUT2D eigenvalue weighted by Gasteiger charge is -2.39. The van der Waals surface area contributed by atoms with Crippen LogP contribution < -0.4 is 5.73 Å². The Kier molecular flexibility index (Phi) is 5.75. The summed E-state index contributed by atoms with van der Waals surface area (Å²) in [4.78, 5) is 4.72. The van der Waals surface area contributed by atoms with Gasteiger partial charge in [-0.15, -0.1) is 0 Å². The highest BCUT2D eigenvalue weighted by atomic mass is 19.1. The third-order valence-electron chi connectivity index (χ3n) is 4.11. The maximum absolute atomic E-state index is 14.2. The molecule has 1 fully saturated rings. The van der Waals surface area contributed by atoms with Crippen molar-refractivity contribution in [1.82, 2.24) is 9.80 Å².